The van der Waals surface area contributed by atoms with Gasteiger partial charge in [0.1, 0.15) is 17.1 Å². The van der Waals surface area contributed by atoms with Gasteiger partial charge in [0, 0.05) is 23.1 Å². The van der Waals surface area contributed by atoms with E-state index in [1.165, 1.54) is 0 Å². The molecule has 0 N–H and O–H groups in total. The second kappa shape index (κ2) is 4.85. The summed E-state index contributed by atoms with van der Waals surface area (Å²) in [6.07, 6.45) is 2.63. The summed E-state index contributed by atoms with van der Waals surface area (Å²) >= 11 is 3.49. The van der Waals surface area contributed by atoms with Gasteiger partial charge in [-0.1, -0.05) is 15.9 Å². The van der Waals surface area contributed by atoms with E-state index in [9.17, 15) is 4.79 Å². The Morgan fingerprint density at radius 2 is 2.20 bits per heavy atom. The third kappa shape index (κ3) is 2.19. The van der Waals surface area contributed by atoms with E-state index in [1.54, 1.807) is 6.92 Å². The van der Waals surface area contributed by atoms with Crippen LogP contribution >= 0.6 is 15.9 Å². The van der Waals surface area contributed by atoms with Crippen LogP contribution in [0.1, 0.15) is 38.7 Å². The lowest BCUT2D eigenvalue weighted by atomic mass is 9.68. The Hall–Kier alpha value is -0.870. The minimum absolute atomic E-state index is 0.185. The fraction of sp³-hybridized carbons (Fsp3) is 0.562. The van der Waals surface area contributed by atoms with Crippen molar-refractivity contribution in [3.63, 3.8) is 0 Å². The quantitative estimate of drug-likeness (QED) is 0.784. The maximum atomic E-state index is 12.3. The van der Waals surface area contributed by atoms with Crippen molar-refractivity contribution in [1.82, 2.24) is 0 Å². The Morgan fingerprint density at radius 3 is 2.85 bits per heavy atom. The van der Waals surface area contributed by atoms with Gasteiger partial charge in [-0.05, 0) is 44.9 Å². The van der Waals surface area contributed by atoms with Crippen LogP contribution < -0.4 is 4.74 Å². The van der Waals surface area contributed by atoms with E-state index in [0.29, 0.717) is 13.0 Å². The highest BCUT2D eigenvalue weighted by atomic mass is 79.9. The van der Waals surface area contributed by atoms with E-state index < -0.39 is 5.41 Å². The van der Waals surface area contributed by atoms with Gasteiger partial charge >= 0.3 is 0 Å². The molecular weight excluding hydrogens is 320 g/mol. The standard InChI is InChI=1S/C16H19BrO3/c1-11(18)15(2)9-16(6-3-7-19-10-16)20-14-5-4-12(17)8-13(14)15/h4-5,8H,3,6-7,9-10H2,1-2H3. The topological polar surface area (TPSA) is 35.5 Å². The van der Waals surface area contributed by atoms with E-state index in [4.69, 9.17) is 9.47 Å². The Bertz CT molecular complexity index is 549. The van der Waals surface area contributed by atoms with Crippen LogP contribution in [0.3, 0.4) is 0 Å². The van der Waals surface area contributed by atoms with Crippen LogP contribution in [0.25, 0.3) is 0 Å². The molecule has 1 saturated heterocycles. The highest BCUT2D eigenvalue weighted by Crippen LogP contribution is 2.48. The first-order valence-electron chi connectivity index (χ1n) is 7.03. The second-order valence-corrected chi connectivity index (χ2v) is 7.06. The highest BCUT2D eigenvalue weighted by molar-refractivity contribution is 9.10. The summed E-state index contributed by atoms with van der Waals surface area (Å²) in [4.78, 5) is 12.3. The third-order valence-electron chi connectivity index (χ3n) is 4.60. The third-order valence-corrected chi connectivity index (χ3v) is 5.09. The van der Waals surface area contributed by atoms with Gasteiger partial charge < -0.3 is 9.47 Å². The number of Topliss-reactive ketones (excluding diaryl/α,β-unsaturated/α-hetero) is 1. The summed E-state index contributed by atoms with van der Waals surface area (Å²) in [6.45, 7) is 5.06. The van der Waals surface area contributed by atoms with Crippen LogP contribution in [0.4, 0.5) is 0 Å². The molecular formula is C16H19BrO3. The molecule has 2 atom stereocenters. The molecule has 0 aromatic heterocycles. The molecule has 20 heavy (non-hydrogen) atoms. The molecule has 3 nitrogen and oxygen atoms in total. The predicted molar refractivity (Wildman–Crippen MR) is 80.2 cm³/mol. The number of hydrogen-bond acceptors (Lipinski definition) is 3. The molecule has 0 amide bonds. The molecule has 0 bridgehead atoms. The molecule has 3 rings (SSSR count). The van der Waals surface area contributed by atoms with E-state index in [1.807, 2.05) is 25.1 Å². The molecule has 0 aliphatic carbocycles. The van der Waals surface area contributed by atoms with E-state index in [2.05, 4.69) is 15.9 Å². The minimum atomic E-state index is -0.502. The molecule has 0 radical (unpaired) electrons. The minimum Gasteiger partial charge on any atom is -0.485 e. The van der Waals surface area contributed by atoms with Crippen LogP contribution in [0.2, 0.25) is 0 Å². The fourth-order valence-corrected chi connectivity index (χ4v) is 3.75. The number of benzene rings is 1. The van der Waals surface area contributed by atoms with Crippen molar-refractivity contribution in [2.75, 3.05) is 13.2 Å². The largest absolute Gasteiger partial charge is 0.485 e. The van der Waals surface area contributed by atoms with Crippen LogP contribution in [-0.2, 0) is 14.9 Å². The van der Waals surface area contributed by atoms with E-state index >= 15 is 0 Å². The molecule has 2 aliphatic heterocycles. The number of hydrogen-bond donors (Lipinski definition) is 0. The van der Waals surface area contributed by atoms with Crippen LogP contribution in [0.15, 0.2) is 22.7 Å². The van der Waals surface area contributed by atoms with Crippen molar-refractivity contribution in [3.05, 3.63) is 28.2 Å². The zero-order valence-electron chi connectivity index (χ0n) is 11.9. The first kappa shape index (κ1) is 14.1. The summed E-state index contributed by atoms with van der Waals surface area (Å²) in [6, 6.07) is 5.92. The van der Waals surface area contributed by atoms with Gasteiger partial charge in [0.15, 0.2) is 0 Å². The monoisotopic (exact) mass is 338 g/mol. The maximum absolute atomic E-state index is 12.3. The molecule has 4 heteroatoms. The zero-order chi connectivity index (χ0) is 14.4. The summed E-state index contributed by atoms with van der Waals surface area (Å²) in [5.74, 6) is 1.01. The molecule has 1 spiro atoms. The Balaban J connectivity index is 2.10. The molecule has 2 unspecified atom stereocenters. The number of carbonyl (C=O) groups excluding carboxylic acids is 1. The number of ketones is 1. The summed E-state index contributed by atoms with van der Waals surface area (Å²) in [5.41, 5.74) is 0.132. The first-order valence-corrected chi connectivity index (χ1v) is 7.82. The lowest BCUT2D eigenvalue weighted by Gasteiger charge is -2.47. The summed E-state index contributed by atoms with van der Waals surface area (Å²) in [5, 5.41) is 0. The molecule has 2 aliphatic rings. The van der Waals surface area contributed by atoms with Gasteiger partial charge in [-0.2, -0.15) is 0 Å². The van der Waals surface area contributed by atoms with Crippen molar-refractivity contribution in [2.45, 2.75) is 44.1 Å². The van der Waals surface area contributed by atoms with Crippen molar-refractivity contribution < 1.29 is 14.3 Å². The summed E-state index contributed by atoms with van der Waals surface area (Å²) < 4.78 is 12.9. The highest BCUT2D eigenvalue weighted by Gasteiger charge is 2.50. The van der Waals surface area contributed by atoms with Crippen LogP contribution in [-0.4, -0.2) is 24.6 Å². The molecule has 1 aromatic carbocycles. The Labute approximate surface area is 127 Å². The number of carbonyl (C=O) groups is 1. The first-order chi connectivity index (χ1) is 9.45. The molecule has 2 heterocycles. The molecule has 1 aromatic rings. The van der Waals surface area contributed by atoms with Crippen molar-refractivity contribution in [1.29, 1.82) is 0 Å². The number of halogens is 1. The number of fused-ring (bicyclic) bond motifs is 1. The Kier molecular flexibility index (Phi) is 3.41. The van der Waals surface area contributed by atoms with Gasteiger partial charge in [0.05, 0.1) is 12.0 Å². The fourth-order valence-electron chi connectivity index (χ4n) is 3.39. The Morgan fingerprint density at radius 1 is 1.40 bits per heavy atom. The van der Waals surface area contributed by atoms with Gasteiger partial charge in [0.2, 0.25) is 0 Å². The van der Waals surface area contributed by atoms with Gasteiger partial charge in [-0.15, -0.1) is 0 Å². The number of rotatable bonds is 1. The lowest BCUT2D eigenvalue weighted by Crippen LogP contribution is -2.54. The predicted octanol–water partition coefficient (Wildman–Crippen LogP) is 3.63. The molecule has 0 saturated carbocycles. The maximum Gasteiger partial charge on any atom is 0.140 e. The van der Waals surface area contributed by atoms with Crippen molar-refractivity contribution in [3.8, 4) is 5.75 Å². The van der Waals surface area contributed by atoms with Crippen LogP contribution in [0, 0.1) is 0 Å². The zero-order valence-corrected chi connectivity index (χ0v) is 13.5. The SMILES string of the molecule is CC(=O)C1(C)CC2(CCCOC2)Oc2ccc(Br)cc21. The molecule has 108 valence electrons. The second-order valence-electron chi connectivity index (χ2n) is 6.15. The van der Waals surface area contributed by atoms with Gasteiger partial charge in [-0.25, -0.2) is 0 Å². The smallest absolute Gasteiger partial charge is 0.140 e. The van der Waals surface area contributed by atoms with Crippen molar-refractivity contribution >= 4 is 21.7 Å². The van der Waals surface area contributed by atoms with Gasteiger partial charge in [-0.3, -0.25) is 4.79 Å². The molecule has 1 fully saturated rings. The van der Waals surface area contributed by atoms with Crippen molar-refractivity contribution in [2.24, 2.45) is 0 Å². The average Bonchev–Trinajstić information content (AvgIpc) is 2.40. The van der Waals surface area contributed by atoms with Crippen LogP contribution in [0.5, 0.6) is 5.75 Å². The summed E-state index contributed by atoms with van der Waals surface area (Å²) in [7, 11) is 0. The van der Waals surface area contributed by atoms with E-state index in [0.717, 1.165) is 35.2 Å². The van der Waals surface area contributed by atoms with E-state index in [-0.39, 0.29) is 11.4 Å². The lowest BCUT2D eigenvalue weighted by molar-refractivity contribution is -0.131. The average molecular weight is 339 g/mol. The normalized spacial score (nSPS) is 32.5. The number of ether oxygens (including phenoxy) is 2. The van der Waals surface area contributed by atoms with Gasteiger partial charge in [0.25, 0.3) is 0 Å².